The van der Waals surface area contributed by atoms with Crippen LogP contribution in [0.1, 0.15) is 19.8 Å². The molecule has 6 nitrogen and oxygen atoms in total. The highest BCUT2D eigenvalue weighted by molar-refractivity contribution is 9.10. The van der Waals surface area contributed by atoms with Gasteiger partial charge in [0.05, 0.1) is 0 Å². The number of nitrogens with zero attached hydrogens (tertiary/aromatic N) is 3. The number of unbranched alkanes of at least 4 members (excludes halogenated alkanes) is 1. The van der Waals surface area contributed by atoms with Crippen molar-refractivity contribution in [1.82, 2.24) is 19.3 Å². The third kappa shape index (κ3) is 1.95. The van der Waals surface area contributed by atoms with E-state index in [2.05, 4.69) is 32.9 Å². The molecule has 0 fully saturated rings. The highest BCUT2D eigenvalue weighted by atomic mass is 79.9. The fourth-order valence-corrected chi connectivity index (χ4v) is 2.40. The zero-order valence-corrected chi connectivity index (χ0v) is 11.2. The molecule has 0 radical (unpaired) electrons. The summed E-state index contributed by atoms with van der Waals surface area (Å²) in [6, 6.07) is 0. The van der Waals surface area contributed by atoms with Gasteiger partial charge in [-0.3, -0.25) is 19.0 Å². The molecule has 0 saturated carbocycles. The third-order valence-corrected chi connectivity index (χ3v) is 3.22. The first kappa shape index (κ1) is 12.1. The summed E-state index contributed by atoms with van der Waals surface area (Å²) in [6.45, 7) is 2.74. The fraction of sp³-hybridized carbons (Fsp3) is 0.500. The summed E-state index contributed by atoms with van der Waals surface area (Å²) < 4.78 is 3.55. The van der Waals surface area contributed by atoms with Gasteiger partial charge in [-0.1, -0.05) is 13.3 Å². The first-order valence-corrected chi connectivity index (χ1v) is 6.21. The monoisotopic (exact) mass is 300 g/mol. The first-order valence-electron chi connectivity index (χ1n) is 5.41. The SMILES string of the molecule is CCCCn1nc(Br)c2c1c(=O)[nH]c(=O)n2C. The van der Waals surface area contributed by atoms with Gasteiger partial charge in [0, 0.05) is 13.6 Å². The van der Waals surface area contributed by atoms with Crippen LogP contribution in [0.3, 0.4) is 0 Å². The number of H-pyrrole nitrogens is 1. The average Bonchev–Trinajstić information content (AvgIpc) is 2.61. The van der Waals surface area contributed by atoms with Gasteiger partial charge in [0.2, 0.25) is 0 Å². The minimum absolute atomic E-state index is 0.391. The number of nitrogens with one attached hydrogen (secondary N) is 1. The summed E-state index contributed by atoms with van der Waals surface area (Å²) in [5.74, 6) is 0. The van der Waals surface area contributed by atoms with E-state index in [4.69, 9.17) is 0 Å². The maximum absolute atomic E-state index is 11.8. The van der Waals surface area contributed by atoms with Crippen molar-refractivity contribution in [3.63, 3.8) is 0 Å². The van der Waals surface area contributed by atoms with Gasteiger partial charge >= 0.3 is 5.69 Å². The number of hydrogen-bond donors (Lipinski definition) is 1. The lowest BCUT2D eigenvalue weighted by Gasteiger charge is -2.02. The first-order chi connectivity index (χ1) is 8.06. The van der Waals surface area contributed by atoms with Gasteiger partial charge in [-0.05, 0) is 22.4 Å². The van der Waals surface area contributed by atoms with Gasteiger partial charge in [0.15, 0.2) is 10.1 Å². The molecule has 2 heterocycles. The molecule has 2 aromatic heterocycles. The van der Waals surface area contributed by atoms with Crippen molar-refractivity contribution in [2.24, 2.45) is 7.05 Å². The molecule has 17 heavy (non-hydrogen) atoms. The van der Waals surface area contributed by atoms with Crippen LogP contribution in [0.5, 0.6) is 0 Å². The van der Waals surface area contributed by atoms with Crippen LogP contribution in [0.2, 0.25) is 0 Å². The molecule has 0 bridgehead atoms. The summed E-state index contributed by atoms with van der Waals surface area (Å²) in [5.41, 5.74) is 0.151. The molecule has 0 aliphatic rings. The number of rotatable bonds is 3. The number of aromatic amines is 1. The molecule has 92 valence electrons. The Morgan fingerprint density at radius 2 is 2.06 bits per heavy atom. The van der Waals surface area contributed by atoms with Crippen molar-refractivity contribution in [1.29, 1.82) is 0 Å². The number of halogens is 1. The molecule has 0 spiro atoms. The van der Waals surface area contributed by atoms with Crippen molar-refractivity contribution < 1.29 is 0 Å². The predicted octanol–water partition coefficient (Wildman–Crippen LogP) is 0.986. The van der Waals surface area contributed by atoms with Gasteiger partial charge in [0.25, 0.3) is 5.56 Å². The zero-order valence-electron chi connectivity index (χ0n) is 9.66. The molecule has 0 unspecified atom stereocenters. The molecule has 0 atom stereocenters. The van der Waals surface area contributed by atoms with Crippen LogP contribution in [-0.4, -0.2) is 19.3 Å². The summed E-state index contributed by atoms with van der Waals surface area (Å²) in [6.07, 6.45) is 1.95. The Balaban J connectivity index is 2.78. The molecule has 0 saturated heterocycles. The van der Waals surface area contributed by atoms with Gasteiger partial charge in [-0.25, -0.2) is 4.79 Å². The maximum atomic E-state index is 11.8. The minimum atomic E-state index is -0.432. The zero-order chi connectivity index (χ0) is 12.6. The second-order valence-electron chi connectivity index (χ2n) is 3.88. The molecule has 7 heteroatoms. The van der Waals surface area contributed by atoms with Crippen molar-refractivity contribution in [3.05, 3.63) is 25.4 Å². The van der Waals surface area contributed by atoms with E-state index in [0.717, 1.165) is 12.8 Å². The Bertz CT molecular complexity index is 667. The summed E-state index contributed by atoms with van der Waals surface area (Å²) in [7, 11) is 1.61. The van der Waals surface area contributed by atoms with Crippen LogP contribution >= 0.6 is 15.9 Å². The van der Waals surface area contributed by atoms with E-state index in [1.165, 1.54) is 4.57 Å². The molecule has 0 aliphatic heterocycles. The van der Waals surface area contributed by atoms with E-state index >= 15 is 0 Å². The Hall–Kier alpha value is -1.37. The molecule has 0 amide bonds. The smallest absolute Gasteiger partial charge is 0.292 e. The van der Waals surface area contributed by atoms with Crippen LogP contribution in [-0.2, 0) is 13.6 Å². The third-order valence-electron chi connectivity index (χ3n) is 2.69. The van der Waals surface area contributed by atoms with Gasteiger partial charge in [-0.15, -0.1) is 0 Å². The van der Waals surface area contributed by atoms with E-state index in [0.29, 0.717) is 22.2 Å². The summed E-state index contributed by atoms with van der Waals surface area (Å²) >= 11 is 3.28. The van der Waals surface area contributed by atoms with Gasteiger partial charge in [-0.2, -0.15) is 5.10 Å². The summed E-state index contributed by atoms with van der Waals surface area (Å²) in [5, 5.41) is 4.24. The number of aromatic nitrogens is 4. The lowest BCUT2D eigenvalue weighted by atomic mass is 10.3. The second kappa shape index (κ2) is 4.48. The highest BCUT2D eigenvalue weighted by Gasteiger charge is 2.15. The van der Waals surface area contributed by atoms with E-state index in [1.807, 2.05) is 0 Å². The maximum Gasteiger partial charge on any atom is 0.328 e. The lowest BCUT2D eigenvalue weighted by molar-refractivity contribution is 0.583. The van der Waals surface area contributed by atoms with Gasteiger partial charge < -0.3 is 0 Å². The lowest BCUT2D eigenvalue weighted by Crippen LogP contribution is -2.29. The fourth-order valence-electron chi connectivity index (χ4n) is 1.76. The molecular weight excluding hydrogens is 288 g/mol. The van der Waals surface area contributed by atoms with Crippen molar-refractivity contribution in [3.8, 4) is 0 Å². The molecule has 2 aromatic rings. The van der Waals surface area contributed by atoms with E-state index in [-0.39, 0.29) is 0 Å². The Morgan fingerprint density at radius 1 is 1.35 bits per heavy atom. The highest BCUT2D eigenvalue weighted by Crippen LogP contribution is 2.18. The van der Waals surface area contributed by atoms with Crippen LogP contribution < -0.4 is 11.2 Å². The minimum Gasteiger partial charge on any atom is -0.292 e. The van der Waals surface area contributed by atoms with E-state index in [9.17, 15) is 9.59 Å². The molecule has 1 N–H and O–H groups in total. The normalized spacial score (nSPS) is 11.2. The predicted molar refractivity (Wildman–Crippen MR) is 68.2 cm³/mol. The number of aryl methyl sites for hydroxylation is 2. The van der Waals surface area contributed by atoms with Crippen molar-refractivity contribution >= 4 is 27.0 Å². The molecular formula is C10H13BrN4O2. The second-order valence-corrected chi connectivity index (χ2v) is 4.63. The Kier molecular flexibility index (Phi) is 3.19. The van der Waals surface area contributed by atoms with Crippen molar-refractivity contribution in [2.45, 2.75) is 26.3 Å². The standard InChI is InChI=1S/C10H13BrN4O2/c1-3-4-5-15-7-6(8(11)13-15)14(2)10(17)12-9(7)16/h3-5H2,1-2H3,(H,12,16,17). The van der Waals surface area contributed by atoms with Crippen LogP contribution in [0, 0.1) is 0 Å². The Morgan fingerprint density at radius 3 is 2.71 bits per heavy atom. The summed E-state index contributed by atoms with van der Waals surface area (Å²) in [4.78, 5) is 25.6. The van der Waals surface area contributed by atoms with E-state index in [1.54, 1.807) is 11.7 Å². The van der Waals surface area contributed by atoms with Crippen molar-refractivity contribution in [2.75, 3.05) is 0 Å². The topological polar surface area (TPSA) is 72.7 Å². The van der Waals surface area contributed by atoms with Crippen LogP contribution in [0.4, 0.5) is 0 Å². The molecule has 0 aromatic carbocycles. The average molecular weight is 301 g/mol. The van der Waals surface area contributed by atoms with Crippen LogP contribution in [0.25, 0.3) is 11.0 Å². The number of hydrogen-bond acceptors (Lipinski definition) is 3. The number of fused-ring (bicyclic) bond motifs is 1. The van der Waals surface area contributed by atoms with E-state index < -0.39 is 11.2 Å². The van der Waals surface area contributed by atoms with Crippen LogP contribution in [0.15, 0.2) is 14.2 Å². The molecule has 2 rings (SSSR count). The van der Waals surface area contributed by atoms with Gasteiger partial charge in [0.1, 0.15) is 5.52 Å². The Labute approximate surface area is 105 Å². The molecule has 0 aliphatic carbocycles. The quantitative estimate of drug-likeness (QED) is 0.918. The largest absolute Gasteiger partial charge is 0.328 e.